The summed E-state index contributed by atoms with van der Waals surface area (Å²) in [6.45, 7) is 7.91. The van der Waals surface area contributed by atoms with Crippen molar-refractivity contribution >= 4 is 11.8 Å². The van der Waals surface area contributed by atoms with Gasteiger partial charge in [-0.25, -0.2) is 4.79 Å². The highest BCUT2D eigenvalue weighted by Gasteiger charge is 2.19. The van der Waals surface area contributed by atoms with Crippen LogP contribution in [0.2, 0.25) is 0 Å². The van der Waals surface area contributed by atoms with Gasteiger partial charge in [-0.2, -0.15) is 5.10 Å². The van der Waals surface area contributed by atoms with Crippen LogP contribution >= 0.6 is 0 Å². The Bertz CT molecular complexity index is 416. The van der Waals surface area contributed by atoms with Crippen molar-refractivity contribution in [2.75, 3.05) is 18.4 Å². The van der Waals surface area contributed by atoms with E-state index < -0.39 is 0 Å². The van der Waals surface area contributed by atoms with E-state index in [1.54, 1.807) is 4.90 Å². The monoisotopic (exact) mass is 248 g/mol. The van der Waals surface area contributed by atoms with Gasteiger partial charge in [-0.15, -0.1) is 5.10 Å². The van der Waals surface area contributed by atoms with Crippen LogP contribution in [0.25, 0.3) is 0 Å². The van der Waals surface area contributed by atoms with Crippen molar-refractivity contribution in [3.63, 3.8) is 0 Å². The summed E-state index contributed by atoms with van der Waals surface area (Å²) in [6.07, 6.45) is 2.17. The number of hydrogen-bond acceptors (Lipinski definition) is 3. The molecular weight excluding hydrogens is 228 g/mol. The Hall–Kier alpha value is -1.65. The maximum Gasteiger partial charge on any atom is 0.323 e. The molecule has 0 atom stereocenters. The zero-order valence-electron chi connectivity index (χ0n) is 11.2. The summed E-state index contributed by atoms with van der Waals surface area (Å²) in [5.41, 5.74) is 0.895. The predicted molar refractivity (Wildman–Crippen MR) is 70.6 cm³/mol. The van der Waals surface area contributed by atoms with E-state index in [-0.39, 0.29) is 11.4 Å². The van der Waals surface area contributed by atoms with E-state index in [1.165, 1.54) is 0 Å². The molecule has 5 nitrogen and oxygen atoms in total. The second kappa shape index (κ2) is 4.92. The van der Waals surface area contributed by atoms with Gasteiger partial charge < -0.3 is 4.90 Å². The van der Waals surface area contributed by atoms with Gasteiger partial charge in [0.25, 0.3) is 0 Å². The summed E-state index contributed by atoms with van der Waals surface area (Å²) < 4.78 is 0. The molecule has 1 saturated heterocycles. The number of rotatable bonds is 1. The largest absolute Gasteiger partial charge is 0.324 e. The Morgan fingerprint density at radius 1 is 1.22 bits per heavy atom. The molecular formula is C13H20N4O. The standard InChI is InChI=1S/C13H20N4O/c1-13(2,3)10-6-7-11(16-15-10)14-12(18)17-8-4-5-9-17/h6-7H,4-5,8-9H2,1-3H3,(H,14,16,18). The number of amides is 2. The topological polar surface area (TPSA) is 58.1 Å². The van der Waals surface area contributed by atoms with Gasteiger partial charge in [0.15, 0.2) is 5.82 Å². The highest BCUT2D eigenvalue weighted by atomic mass is 16.2. The average molecular weight is 248 g/mol. The lowest BCUT2D eigenvalue weighted by Gasteiger charge is -2.18. The first-order valence-electron chi connectivity index (χ1n) is 6.37. The van der Waals surface area contributed by atoms with E-state index >= 15 is 0 Å². The van der Waals surface area contributed by atoms with E-state index in [0.717, 1.165) is 31.6 Å². The molecule has 0 aromatic carbocycles. The third kappa shape index (κ3) is 2.97. The van der Waals surface area contributed by atoms with Gasteiger partial charge in [-0.1, -0.05) is 20.8 Å². The molecule has 2 amide bonds. The highest BCUT2D eigenvalue weighted by molar-refractivity contribution is 5.88. The Balaban J connectivity index is 2.00. The van der Waals surface area contributed by atoms with Crippen LogP contribution in [0.4, 0.5) is 10.6 Å². The summed E-state index contributed by atoms with van der Waals surface area (Å²) in [5, 5.41) is 11.0. The number of likely N-dealkylation sites (tertiary alicyclic amines) is 1. The Morgan fingerprint density at radius 2 is 1.89 bits per heavy atom. The fourth-order valence-corrected chi connectivity index (χ4v) is 1.91. The number of carbonyl (C=O) groups excluding carboxylic acids is 1. The van der Waals surface area contributed by atoms with Crippen molar-refractivity contribution in [2.45, 2.75) is 39.0 Å². The summed E-state index contributed by atoms with van der Waals surface area (Å²) >= 11 is 0. The lowest BCUT2D eigenvalue weighted by Crippen LogP contribution is -2.32. The lowest BCUT2D eigenvalue weighted by atomic mass is 9.92. The maximum absolute atomic E-state index is 11.8. The first-order valence-corrected chi connectivity index (χ1v) is 6.37. The fourth-order valence-electron chi connectivity index (χ4n) is 1.91. The molecule has 5 heteroatoms. The SMILES string of the molecule is CC(C)(C)c1ccc(NC(=O)N2CCCC2)nn1. The van der Waals surface area contributed by atoms with Gasteiger partial charge in [-0.05, 0) is 25.0 Å². The summed E-state index contributed by atoms with van der Waals surface area (Å²) in [5.74, 6) is 0.514. The van der Waals surface area contributed by atoms with Crippen molar-refractivity contribution < 1.29 is 4.79 Å². The fraction of sp³-hybridized carbons (Fsp3) is 0.615. The highest BCUT2D eigenvalue weighted by Crippen LogP contribution is 2.19. The minimum Gasteiger partial charge on any atom is -0.324 e. The van der Waals surface area contributed by atoms with Crippen LogP contribution in [-0.4, -0.2) is 34.2 Å². The number of nitrogens with zero attached hydrogens (tertiary/aromatic N) is 3. The maximum atomic E-state index is 11.8. The first kappa shape index (κ1) is 12.8. The van der Waals surface area contributed by atoms with Crippen LogP contribution in [0.5, 0.6) is 0 Å². The smallest absolute Gasteiger partial charge is 0.323 e. The number of anilines is 1. The second-order valence-corrected chi connectivity index (χ2v) is 5.68. The molecule has 0 spiro atoms. The van der Waals surface area contributed by atoms with E-state index in [0.29, 0.717) is 5.82 Å². The van der Waals surface area contributed by atoms with Gasteiger partial charge >= 0.3 is 6.03 Å². The number of hydrogen-bond donors (Lipinski definition) is 1. The van der Waals surface area contributed by atoms with Crippen LogP contribution in [0, 0.1) is 0 Å². The van der Waals surface area contributed by atoms with E-state index in [9.17, 15) is 4.79 Å². The Morgan fingerprint density at radius 3 is 2.39 bits per heavy atom. The van der Waals surface area contributed by atoms with Gasteiger partial charge in [-0.3, -0.25) is 5.32 Å². The zero-order chi connectivity index (χ0) is 13.2. The lowest BCUT2D eigenvalue weighted by molar-refractivity contribution is 0.222. The molecule has 1 aliphatic rings. The summed E-state index contributed by atoms with van der Waals surface area (Å²) in [6, 6.07) is 3.64. The van der Waals surface area contributed by atoms with E-state index in [1.807, 2.05) is 12.1 Å². The van der Waals surface area contributed by atoms with Crippen molar-refractivity contribution in [1.82, 2.24) is 15.1 Å². The average Bonchev–Trinajstić information content (AvgIpc) is 2.82. The van der Waals surface area contributed by atoms with Crippen molar-refractivity contribution in [3.05, 3.63) is 17.8 Å². The molecule has 2 heterocycles. The molecule has 2 rings (SSSR count). The normalized spacial score (nSPS) is 15.8. The second-order valence-electron chi connectivity index (χ2n) is 5.68. The van der Waals surface area contributed by atoms with Gasteiger partial charge in [0.1, 0.15) is 0 Å². The van der Waals surface area contributed by atoms with Crippen LogP contribution in [0.3, 0.4) is 0 Å². The third-order valence-electron chi connectivity index (χ3n) is 3.06. The molecule has 0 aliphatic carbocycles. The zero-order valence-corrected chi connectivity index (χ0v) is 11.2. The molecule has 1 N–H and O–H groups in total. The molecule has 1 aromatic rings. The molecule has 0 radical (unpaired) electrons. The number of urea groups is 1. The Labute approximate surface area is 108 Å². The first-order chi connectivity index (χ1) is 8.47. The quantitative estimate of drug-likeness (QED) is 0.830. The van der Waals surface area contributed by atoms with Gasteiger partial charge in [0.05, 0.1) is 5.69 Å². The van der Waals surface area contributed by atoms with Crippen LogP contribution in [0.1, 0.15) is 39.3 Å². The molecule has 0 unspecified atom stereocenters. The molecule has 98 valence electrons. The van der Waals surface area contributed by atoms with E-state index in [2.05, 4.69) is 36.3 Å². The van der Waals surface area contributed by atoms with Crippen molar-refractivity contribution in [3.8, 4) is 0 Å². The summed E-state index contributed by atoms with van der Waals surface area (Å²) in [7, 11) is 0. The van der Waals surface area contributed by atoms with Crippen molar-refractivity contribution in [1.29, 1.82) is 0 Å². The number of aromatic nitrogens is 2. The molecule has 1 aliphatic heterocycles. The number of nitrogens with one attached hydrogen (secondary N) is 1. The Kier molecular flexibility index (Phi) is 3.50. The molecule has 1 fully saturated rings. The van der Waals surface area contributed by atoms with Gasteiger partial charge in [0.2, 0.25) is 0 Å². The summed E-state index contributed by atoms with van der Waals surface area (Å²) in [4.78, 5) is 13.6. The van der Waals surface area contributed by atoms with Crippen LogP contribution in [0.15, 0.2) is 12.1 Å². The predicted octanol–water partition coefficient (Wildman–Crippen LogP) is 2.40. The van der Waals surface area contributed by atoms with Crippen LogP contribution in [-0.2, 0) is 5.41 Å². The minimum atomic E-state index is -0.0784. The molecule has 1 aromatic heterocycles. The molecule has 0 saturated carbocycles. The van der Waals surface area contributed by atoms with Gasteiger partial charge in [0, 0.05) is 18.5 Å². The molecule has 0 bridgehead atoms. The number of carbonyl (C=O) groups is 1. The van der Waals surface area contributed by atoms with E-state index in [4.69, 9.17) is 0 Å². The van der Waals surface area contributed by atoms with Crippen molar-refractivity contribution in [2.24, 2.45) is 0 Å². The molecule has 18 heavy (non-hydrogen) atoms. The minimum absolute atomic E-state index is 0.0233. The van der Waals surface area contributed by atoms with Crippen LogP contribution < -0.4 is 5.32 Å². The third-order valence-corrected chi connectivity index (χ3v) is 3.06.